The maximum absolute atomic E-state index is 12.2. The topological polar surface area (TPSA) is 76.7 Å². The number of carbonyl (C=O) groups excluding carboxylic acids is 2. The van der Waals surface area contributed by atoms with Crippen LogP contribution in [0.3, 0.4) is 0 Å². The van der Waals surface area contributed by atoms with E-state index >= 15 is 0 Å². The lowest BCUT2D eigenvalue weighted by molar-refractivity contribution is -0.119. The van der Waals surface area contributed by atoms with Gasteiger partial charge >= 0.3 is 0 Å². The third-order valence-corrected chi connectivity index (χ3v) is 2.96. The van der Waals surface area contributed by atoms with Gasteiger partial charge in [-0.2, -0.15) is 0 Å². The van der Waals surface area contributed by atoms with Crippen LogP contribution in [0.15, 0.2) is 18.2 Å². The summed E-state index contributed by atoms with van der Waals surface area (Å²) in [6.45, 7) is 0.455. The average Bonchev–Trinajstić information content (AvgIpc) is 2.82. The molecule has 0 aliphatic carbocycles. The third-order valence-electron chi connectivity index (χ3n) is 2.96. The Balaban J connectivity index is 2.16. The molecular formula is C13H16N2O4. The summed E-state index contributed by atoms with van der Waals surface area (Å²) in [6.07, 6.45) is 0.304. The number of ether oxygens (including phenoxy) is 2. The third kappa shape index (κ3) is 2.78. The van der Waals surface area contributed by atoms with Crippen molar-refractivity contribution >= 4 is 11.8 Å². The number of hydrogen-bond donors (Lipinski definition) is 2. The van der Waals surface area contributed by atoms with Gasteiger partial charge in [0, 0.05) is 13.0 Å². The molecule has 0 aromatic heterocycles. The van der Waals surface area contributed by atoms with Crippen molar-refractivity contribution in [2.75, 3.05) is 20.8 Å². The molecule has 2 amide bonds. The zero-order chi connectivity index (χ0) is 13.8. The van der Waals surface area contributed by atoms with Crippen LogP contribution in [0, 0.1) is 0 Å². The lowest BCUT2D eigenvalue weighted by Crippen LogP contribution is -2.36. The first-order chi connectivity index (χ1) is 9.15. The van der Waals surface area contributed by atoms with Crippen LogP contribution in [0.4, 0.5) is 0 Å². The van der Waals surface area contributed by atoms with E-state index in [0.29, 0.717) is 30.0 Å². The van der Waals surface area contributed by atoms with Crippen LogP contribution in [-0.4, -0.2) is 38.6 Å². The Morgan fingerprint density at radius 1 is 1.37 bits per heavy atom. The molecule has 2 N–H and O–H groups in total. The summed E-state index contributed by atoms with van der Waals surface area (Å²) in [5.41, 5.74) is 0.390. The van der Waals surface area contributed by atoms with Crippen molar-refractivity contribution in [3.8, 4) is 11.5 Å². The van der Waals surface area contributed by atoms with Gasteiger partial charge in [0.2, 0.25) is 5.91 Å². The molecule has 1 heterocycles. The van der Waals surface area contributed by atoms with Gasteiger partial charge in [-0.15, -0.1) is 0 Å². The van der Waals surface area contributed by atoms with E-state index in [9.17, 15) is 9.59 Å². The van der Waals surface area contributed by atoms with Crippen LogP contribution < -0.4 is 20.1 Å². The number of carbonyl (C=O) groups is 2. The van der Waals surface area contributed by atoms with Gasteiger partial charge in [0.1, 0.15) is 0 Å². The molecule has 102 valence electrons. The Kier molecular flexibility index (Phi) is 3.89. The van der Waals surface area contributed by atoms with Crippen LogP contribution >= 0.6 is 0 Å². The molecule has 0 saturated carbocycles. The number of methoxy groups -OCH3 is 2. The quantitative estimate of drug-likeness (QED) is 0.821. The summed E-state index contributed by atoms with van der Waals surface area (Å²) in [5, 5.41) is 5.46. The second kappa shape index (κ2) is 5.60. The molecule has 1 aromatic rings. The smallest absolute Gasteiger partial charge is 0.255 e. The van der Waals surface area contributed by atoms with E-state index in [0.717, 1.165) is 0 Å². The first kappa shape index (κ1) is 13.2. The molecular weight excluding hydrogens is 248 g/mol. The molecule has 6 nitrogen and oxygen atoms in total. The number of hydrogen-bond acceptors (Lipinski definition) is 4. The largest absolute Gasteiger partial charge is 0.493 e. The van der Waals surface area contributed by atoms with Gasteiger partial charge in [-0.3, -0.25) is 9.59 Å². The van der Waals surface area contributed by atoms with Crippen molar-refractivity contribution in [1.29, 1.82) is 0 Å². The van der Waals surface area contributed by atoms with Crippen molar-refractivity contribution in [2.24, 2.45) is 0 Å². The summed E-state index contributed by atoms with van der Waals surface area (Å²) >= 11 is 0. The van der Waals surface area contributed by atoms with Crippen molar-refractivity contribution < 1.29 is 19.1 Å². The molecule has 1 fully saturated rings. The van der Waals surface area contributed by atoms with E-state index in [1.165, 1.54) is 14.2 Å². The van der Waals surface area contributed by atoms with Gasteiger partial charge in [0.25, 0.3) is 5.91 Å². The van der Waals surface area contributed by atoms with Crippen LogP contribution in [-0.2, 0) is 4.79 Å². The fraction of sp³-hybridized carbons (Fsp3) is 0.385. The maximum Gasteiger partial charge on any atom is 0.255 e. The lowest BCUT2D eigenvalue weighted by atomic mass is 10.1. The van der Waals surface area contributed by atoms with Gasteiger partial charge in [-0.1, -0.05) is 6.07 Å². The molecule has 0 spiro atoms. The van der Waals surface area contributed by atoms with Crippen LogP contribution in [0.5, 0.6) is 11.5 Å². The Hall–Kier alpha value is -2.24. The molecule has 1 atom stereocenters. The number of nitrogens with one attached hydrogen (secondary N) is 2. The number of rotatable bonds is 4. The average molecular weight is 264 g/mol. The van der Waals surface area contributed by atoms with Crippen LogP contribution in [0.2, 0.25) is 0 Å². The highest BCUT2D eigenvalue weighted by atomic mass is 16.5. The Morgan fingerprint density at radius 2 is 2.16 bits per heavy atom. The standard InChI is InChI=1S/C13H16N2O4/c1-18-10-5-3-4-9(12(10)19-2)13(17)15-8-6-11(16)14-7-8/h3-5,8H,6-7H2,1-2H3,(H,14,16)(H,15,17)/t8-/m1/s1. The Labute approximate surface area is 111 Å². The molecule has 2 rings (SSSR count). The highest BCUT2D eigenvalue weighted by Crippen LogP contribution is 2.30. The van der Waals surface area contributed by atoms with E-state index in [2.05, 4.69) is 10.6 Å². The molecule has 1 aromatic carbocycles. The minimum atomic E-state index is -0.280. The highest BCUT2D eigenvalue weighted by molar-refractivity contribution is 5.98. The maximum atomic E-state index is 12.2. The van der Waals surface area contributed by atoms with Crippen molar-refractivity contribution in [3.63, 3.8) is 0 Å². The van der Waals surface area contributed by atoms with Gasteiger partial charge in [-0.25, -0.2) is 0 Å². The molecule has 0 bridgehead atoms. The summed E-state index contributed by atoms with van der Waals surface area (Å²) in [6, 6.07) is 4.90. The summed E-state index contributed by atoms with van der Waals surface area (Å²) in [5.74, 6) is 0.552. The zero-order valence-corrected chi connectivity index (χ0v) is 10.9. The SMILES string of the molecule is COc1cccc(C(=O)N[C@H]2CNC(=O)C2)c1OC. The first-order valence-corrected chi connectivity index (χ1v) is 5.94. The Morgan fingerprint density at radius 3 is 2.74 bits per heavy atom. The van der Waals surface area contributed by atoms with E-state index in [1.807, 2.05) is 0 Å². The molecule has 19 heavy (non-hydrogen) atoms. The fourth-order valence-corrected chi connectivity index (χ4v) is 2.04. The van der Waals surface area contributed by atoms with E-state index < -0.39 is 0 Å². The lowest BCUT2D eigenvalue weighted by Gasteiger charge is -2.14. The van der Waals surface area contributed by atoms with E-state index in [4.69, 9.17) is 9.47 Å². The molecule has 6 heteroatoms. The zero-order valence-electron chi connectivity index (χ0n) is 10.9. The predicted molar refractivity (Wildman–Crippen MR) is 68.4 cm³/mol. The van der Waals surface area contributed by atoms with Gasteiger partial charge in [0.05, 0.1) is 25.8 Å². The van der Waals surface area contributed by atoms with Gasteiger partial charge in [-0.05, 0) is 12.1 Å². The molecule has 1 aliphatic heterocycles. The normalized spacial score (nSPS) is 17.8. The second-order valence-electron chi connectivity index (χ2n) is 4.22. The van der Waals surface area contributed by atoms with Crippen LogP contribution in [0.1, 0.15) is 16.8 Å². The van der Waals surface area contributed by atoms with E-state index in [-0.39, 0.29) is 17.9 Å². The summed E-state index contributed by atoms with van der Waals surface area (Å²) < 4.78 is 10.3. The van der Waals surface area contributed by atoms with E-state index in [1.54, 1.807) is 18.2 Å². The monoisotopic (exact) mass is 264 g/mol. The first-order valence-electron chi connectivity index (χ1n) is 5.94. The summed E-state index contributed by atoms with van der Waals surface area (Å²) in [4.78, 5) is 23.3. The van der Waals surface area contributed by atoms with Crippen molar-refractivity contribution in [2.45, 2.75) is 12.5 Å². The number of para-hydroxylation sites is 1. The molecule has 0 unspecified atom stereocenters. The summed E-state index contributed by atoms with van der Waals surface area (Å²) in [7, 11) is 2.99. The minimum Gasteiger partial charge on any atom is -0.493 e. The molecule has 1 saturated heterocycles. The fourth-order valence-electron chi connectivity index (χ4n) is 2.04. The van der Waals surface area contributed by atoms with Crippen LogP contribution in [0.25, 0.3) is 0 Å². The predicted octanol–water partition coefficient (Wildman–Crippen LogP) is 0.322. The number of amides is 2. The minimum absolute atomic E-state index is 0.0529. The number of benzene rings is 1. The molecule has 0 radical (unpaired) electrons. The van der Waals surface area contributed by atoms with Crippen molar-refractivity contribution in [1.82, 2.24) is 10.6 Å². The van der Waals surface area contributed by atoms with Crippen molar-refractivity contribution in [3.05, 3.63) is 23.8 Å². The van der Waals surface area contributed by atoms with Gasteiger partial charge in [0.15, 0.2) is 11.5 Å². The highest BCUT2D eigenvalue weighted by Gasteiger charge is 2.25. The Bertz CT molecular complexity index is 501. The van der Waals surface area contributed by atoms with Gasteiger partial charge < -0.3 is 20.1 Å². The second-order valence-corrected chi connectivity index (χ2v) is 4.22. The molecule has 1 aliphatic rings.